The van der Waals surface area contributed by atoms with Gasteiger partial charge in [0.2, 0.25) is 11.7 Å². The number of halogens is 8. The van der Waals surface area contributed by atoms with Gasteiger partial charge >= 0.3 is 12.4 Å². The largest absolute Gasteiger partial charge is 0.452 e. The average molecular weight is 527 g/mol. The molecular formula is C21H17F8N3O4. The van der Waals surface area contributed by atoms with Crippen molar-refractivity contribution in [3.63, 3.8) is 0 Å². The molecule has 2 atom stereocenters. The highest BCUT2D eigenvalue weighted by Crippen LogP contribution is 2.37. The van der Waals surface area contributed by atoms with Gasteiger partial charge in [-0.25, -0.2) is 8.78 Å². The van der Waals surface area contributed by atoms with Crippen molar-refractivity contribution in [1.82, 2.24) is 15.4 Å². The van der Waals surface area contributed by atoms with Crippen LogP contribution in [0.4, 0.5) is 35.1 Å². The fourth-order valence-corrected chi connectivity index (χ4v) is 4.10. The van der Waals surface area contributed by atoms with Gasteiger partial charge in [-0.3, -0.25) is 9.59 Å². The second-order valence-electron chi connectivity index (χ2n) is 8.37. The highest BCUT2D eigenvalue weighted by molar-refractivity contribution is 5.96. The molecule has 0 aliphatic carbocycles. The zero-order valence-electron chi connectivity index (χ0n) is 18.1. The topological polar surface area (TPSA) is 84.7 Å². The smallest absolute Gasteiger partial charge is 0.381 e. The number of ether oxygens (including phenoxy) is 1. The van der Waals surface area contributed by atoms with E-state index in [2.05, 4.69) is 15.0 Å². The predicted molar refractivity (Wildman–Crippen MR) is 102 cm³/mol. The monoisotopic (exact) mass is 527 g/mol. The lowest BCUT2D eigenvalue weighted by Gasteiger charge is -2.36. The van der Waals surface area contributed by atoms with E-state index in [1.165, 1.54) is 0 Å². The van der Waals surface area contributed by atoms with E-state index >= 15 is 0 Å². The van der Waals surface area contributed by atoms with E-state index in [0.29, 0.717) is 18.6 Å². The first kappa shape index (κ1) is 25.9. The van der Waals surface area contributed by atoms with Crippen LogP contribution in [0.1, 0.15) is 46.3 Å². The fraction of sp³-hybridized carbons (Fsp3) is 0.476. The molecule has 3 heterocycles. The summed E-state index contributed by atoms with van der Waals surface area (Å²) < 4.78 is 115. The molecule has 1 aromatic carbocycles. The van der Waals surface area contributed by atoms with Gasteiger partial charge in [0.1, 0.15) is 17.7 Å². The molecule has 2 aromatic rings. The number of hydrogen-bond donors (Lipinski definition) is 1. The Morgan fingerprint density at radius 3 is 2.28 bits per heavy atom. The van der Waals surface area contributed by atoms with Crippen LogP contribution in [0.2, 0.25) is 0 Å². The molecule has 2 aliphatic rings. The van der Waals surface area contributed by atoms with E-state index in [-0.39, 0.29) is 32.2 Å². The first-order valence-electron chi connectivity index (χ1n) is 10.6. The van der Waals surface area contributed by atoms with Crippen LogP contribution >= 0.6 is 0 Å². The number of benzene rings is 1. The van der Waals surface area contributed by atoms with E-state index < -0.39 is 76.4 Å². The van der Waals surface area contributed by atoms with E-state index in [1.807, 2.05) is 0 Å². The maximum atomic E-state index is 14.6. The van der Waals surface area contributed by atoms with E-state index in [9.17, 15) is 44.7 Å². The van der Waals surface area contributed by atoms with E-state index in [1.54, 1.807) is 0 Å². The molecule has 1 unspecified atom stereocenters. The number of carbonyl (C=O) groups excluding carboxylic acids is 2. The summed E-state index contributed by atoms with van der Waals surface area (Å²) in [6.45, 7) is -0.00932. The molecule has 4 rings (SSSR count). The van der Waals surface area contributed by atoms with E-state index in [0.717, 1.165) is 4.90 Å². The summed E-state index contributed by atoms with van der Waals surface area (Å²) in [4.78, 5) is 26.7. The molecule has 2 amide bonds. The lowest BCUT2D eigenvalue weighted by molar-refractivity contribution is -0.155. The molecular weight excluding hydrogens is 510 g/mol. The minimum atomic E-state index is -5.14. The third kappa shape index (κ3) is 5.01. The highest BCUT2D eigenvalue weighted by Gasteiger charge is 2.42. The molecule has 0 radical (unpaired) electrons. The predicted octanol–water partition coefficient (Wildman–Crippen LogP) is 4.10. The van der Waals surface area contributed by atoms with Gasteiger partial charge < -0.3 is 19.5 Å². The number of aromatic nitrogens is 1. The Balaban J connectivity index is 1.56. The number of nitrogens with zero attached hydrogens (tertiary/aromatic N) is 2. The maximum absolute atomic E-state index is 14.6. The van der Waals surface area contributed by atoms with Gasteiger partial charge in [0.05, 0.1) is 24.8 Å². The molecule has 1 N–H and O–H groups in total. The first-order valence-corrected chi connectivity index (χ1v) is 10.6. The normalized spacial score (nSPS) is 19.8. The van der Waals surface area contributed by atoms with Crippen LogP contribution < -0.4 is 5.32 Å². The number of rotatable bonds is 5. The second kappa shape index (κ2) is 9.33. The number of hydrogen-bond acceptors (Lipinski definition) is 5. The summed E-state index contributed by atoms with van der Waals surface area (Å²) in [6.07, 6.45) is -9.63. The number of likely N-dealkylation sites (tertiary alicyclic amines) is 1. The molecule has 1 aromatic heterocycles. The van der Waals surface area contributed by atoms with Crippen molar-refractivity contribution in [2.45, 2.75) is 37.3 Å². The quantitative estimate of drug-likeness (QED) is 0.593. The minimum Gasteiger partial charge on any atom is -0.381 e. The summed E-state index contributed by atoms with van der Waals surface area (Å²) in [5, 5.41) is 5.56. The van der Waals surface area contributed by atoms with E-state index in [4.69, 9.17) is 4.74 Å². The standard InChI is InChI=1S/C21H17F8N3O4/c22-12-5-11(20(24,25)26)13(23)4-10(12)17(9-7-35-8-9)30-18(33)15-2-1-3-32(15)19(34)14-6-16(36-31-14)21(27,28)29/h4-6,9,15,17H,1-3,7-8H2,(H,30,33)/t15-,17?/m1/s1. The van der Waals surface area contributed by atoms with Crippen LogP contribution in [-0.4, -0.2) is 47.7 Å². The SMILES string of the molecule is O=C(NC(c1cc(F)c(C(F)(F)F)cc1F)C1COC1)[C@H]1CCCN1C(=O)c1cc(C(F)(F)F)on1. The molecule has 2 fully saturated rings. The summed E-state index contributed by atoms with van der Waals surface area (Å²) in [6, 6.07) is -1.74. The molecule has 196 valence electrons. The Morgan fingerprint density at radius 2 is 1.72 bits per heavy atom. The third-order valence-corrected chi connectivity index (χ3v) is 5.98. The maximum Gasteiger partial charge on any atom is 0.452 e. The van der Waals surface area contributed by atoms with Crippen molar-refractivity contribution < 1.29 is 54.0 Å². The average Bonchev–Trinajstić information content (AvgIpc) is 3.42. The van der Waals surface area contributed by atoms with Gasteiger partial charge in [0, 0.05) is 24.1 Å². The second-order valence-corrected chi connectivity index (χ2v) is 8.37. The number of alkyl halides is 6. The van der Waals surface area contributed by atoms with Crippen molar-refractivity contribution in [2.75, 3.05) is 19.8 Å². The van der Waals surface area contributed by atoms with Crippen LogP contribution in [0.25, 0.3) is 0 Å². The minimum absolute atomic E-state index is 0.000498. The lowest BCUT2D eigenvalue weighted by Crippen LogP contribution is -2.50. The highest BCUT2D eigenvalue weighted by atomic mass is 19.4. The Hall–Kier alpha value is -3.23. The summed E-state index contributed by atoms with van der Waals surface area (Å²) >= 11 is 0. The van der Waals surface area contributed by atoms with Gasteiger partial charge in [0.25, 0.3) is 5.91 Å². The Labute approximate surface area is 197 Å². The third-order valence-electron chi connectivity index (χ3n) is 5.98. The molecule has 0 bridgehead atoms. The summed E-state index contributed by atoms with van der Waals surface area (Å²) in [5.41, 5.74) is -3.02. The van der Waals surface area contributed by atoms with Crippen LogP contribution in [0.3, 0.4) is 0 Å². The van der Waals surface area contributed by atoms with Gasteiger partial charge in [-0.1, -0.05) is 5.16 Å². The van der Waals surface area contributed by atoms with Crippen LogP contribution in [0.5, 0.6) is 0 Å². The van der Waals surface area contributed by atoms with Crippen molar-refractivity contribution in [1.29, 1.82) is 0 Å². The van der Waals surface area contributed by atoms with Crippen molar-refractivity contribution >= 4 is 11.8 Å². The summed E-state index contributed by atoms with van der Waals surface area (Å²) in [5.74, 6) is -7.10. The van der Waals surface area contributed by atoms with Crippen molar-refractivity contribution in [3.8, 4) is 0 Å². The molecule has 0 saturated carbocycles. The summed E-state index contributed by atoms with van der Waals surface area (Å²) in [7, 11) is 0. The van der Waals surface area contributed by atoms with Crippen LogP contribution in [0, 0.1) is 17.6 Å². The van der Waals surface area contributed by atoms with Crippen molar-refractivity contribution in [2.24, 2.45) is 5.92 Å². The number of nitrogens with one attached hydrogen (secondary N) is 1. The number of carbonyl (C=O) groups is 2. The van der Waals surface area contributed by atoms with Gasteiger partial charge in [-0.05, 0) is 25.0 Å². The molecule has 2 aliphatic heterocycles. The fourth-order valence-electron chi connectivity index (χ4n) is 4.10. The lowest BCUT2D eigenvalue weighted by atomic mass is 9.90. The Bertz CT molecular complexity index is 1160. The number of amides is 2. The van der Waals surface area contributed by atoms with Crippen molar-refractivity contribution in [3.05, 3.63) is 52.4 Å². The molecule has 7 nitrogen and oxygen atoms in total. The van der Waals surface area contributed by atoms with Gasteiger partial charge in [-0.15, -0.1) is 0 Å². The zero-order valence-corrected chi connectivity index (χ0v) is 18.1. The van der Waals surface area contributed by atoms with Crippen LogP contribution in [0.15, 0.2) is 22.7 Å². The molecule has 36 heavy (non-hydrogen) atoms. The van der Waals surface area contributed by atoms with Gasteiger partial charge in [0.15, 0.2) is 5.69 Å². The zero-order chi connectivity index (χ0) is 26.4. The van der Waals surface area contributed by atoms with Crippen LogP contribution in [-0.2, 0) is 21.9 Å². The molecule has 15 heteroatoms. The molecule has 2 saturated heterocycles. The Kier molecular flexibility index (Phi) is 6.70. The Morgan fingerprint density at radius 1 is 1.03 bits per heavy atom. The van der Waals surface area contributed by atoms with Gasteiger partial charge in [-0.2, -0.15) is 26.3 Å². The first-order chi connectivity index (χ1) is 16.8. The molecule has 0 spiro atoms.